The maximum atomic E-state index is 11.0. The number of aromatic nitrogens is 2. The maximum absolute atomic E-state index is 11.0. The van der Waals surface area contributed by atoms with Crippen LogP contribution in [0.1, 0.15) is 38.4 Å². The molecule has 0 spiro atoms. The Hall–Kier alpha value is -1.65. The van der Waals surface area contributed by atoms with Gasteiger partial charge in [0.1, 0.15) is 23.2 Å². The van der Waals surface area contributed by atoms with Crippen molar-refractivity contribution in [1.29, 1.82) is 0 Å². The lowest BCUT2D eigenvalue weighted by Gasteiger charge is -2.25. The van der Waals surface area contributed by atoms with E-state index in [2.05, 4.69) is 20.6 Å². The molecule has 0 saturated heterocycles. The number of carbonyl (C=O) groups is 1. The Morgan fingerprint density at radius 1 is 1.32 bits per heavy atom. The lowest BCUT2D eigenvalue weighted by molar-refractivity contribution is -0.115. The maximum Gasteiger partial charge on any atom is 0.148 e. The molecule has 5 heteroatoms. The minimum Gasteiger partial charge on any atom is -0.370 e. The first kappa shape index (κ1) is 13.8. The number of hydrogen-bond donors (Lipinski definition) is 2. The molecule has 1 saturated carbocycles. The fourth-order valence-corrected chi connectivity index (χ4v) is 2.15. The molecule has 1 fully saturated rings. The molecule has 0 aliphatic heterocycles. The van der Waals surface area contributed by atoms with E-state index >= 15 is 0 Å². The monoisotopic (exact) mass is 262 g/mol. The van der Waals surface area contributed by atoms with Crippen molar-refractivity contribution in [2.75, 3.05) is 23.7 Å². The van der Waals surface area contributed by atoms with Crippen molar-refractivity contribution >= 4 is 17.4 Å². The zero-order valence-corrected chi connectivity index (χ0v) is 11.7. The molecule has 2 N–H and O–H groups in total. The Morgan fingerprint density at radius 3 is 2.58 bits per heavy atom. The average molecular weight is 262 g/mol. The first-order valence-electron chi connectivity index (χ1n) is 6.96. The zero-order valence-electron chi connectivity index (χ0n) is 11.7. The van der Waals surface area contributed by atoms with Crippen LogP contribution in [0.25, 0.3) is 0 Å². The molecule has 1 aliphatic rings. The van der Waals surface area contributed by atoms with Crippen LogP contribution in [0.5, 0.6) is 0 Å². The summed E-state index contributed by atoms with van der Waals surface area (Å²) in [5.41, 5.74) is 0. The number of anilines is 2. The molecular formula is C14H22N4O. The van der Waals surface area contributed by atoms with Crippen LogP contribution in [-0.4, -0.2) is 28.8 Å². The number of ketones is 1. The molecule has 0 atom stereocenters. The van der Waals surface area contributed by atoms with Crippen LogP contribution >= 0.6 is 0 Å². The van der Waals surface area contributed by atoms with E-state index in [0.29, 0.717) is 18.2 Å². The number of rotatable bonds is 7. The van der Waals surface area contributed by atoms with Crippen molar-refractivity contribution in [3.63, 3.8) is 0 Å². The van der Waals surface area contributed by atoms with Crippen LogP contribution in [0, 0.1) is 12.8 Å². The third-order valence-electron chi connectivity index (χ3n) is 3.44. The van der Waals surface area contributed by atoms with E-state index in [0.717, 1.165) is 18.3 Å². The molecule has 1 aromatic heterocycles. The molecular weight excluding hydrogens is 240 g/mol. The number of aryl methyl sites for hydroxylation is 1. The smallest absolute Gasteiger partial charge is 0.148 e. The van der Waals surface area contributed by atoms with Gasteiger partial charge in [-0.2, -0.15) is 0 Å². The number of hydrogen-bond acceptors (Lipinski definition) is 5. The Bertz CT molecular complexity index is 443. The SMILES string of the molecule is CC(=O)CNc1cc(NCCC2CCC2)nc(C)n1. The van der Waals surface area contributed by atoms with Gasteiger partial charge in [0.05, 0.1) is 6.54 Å². The molecule has 0 radical (unpaired) electrons. The molecule has 19 heavy (non-hydrogen) atoms. The van der Waals surface area contributed by atoms with Gasteiger partial charge in [0.15, 0.2) is 0 Å². The van der Waals surface area contributed by atoms with Crippen LogP contribution in [0.3, 0.4) is 0 Å². The number of Topliss-reactive ketones (excluding diaryl/α,β-unsaturated/α-hetero) is 1. The first-order valence-corrected chi connectivity index (χ1v) is 6.96. The molecule has 1 aromatic rings. The van der Waals surface area contributed by atoms with Crippen molar-refractivity contribution in [2.45, 2.75) is 39.5 Å². The molecule has 104 valence electrons. The molecule has 1 heterocycles. The largest absolute Gasteiger partial charge is 0.370 e. The Labute approximate surface area is 114 Å². The van der Waals surface area contributed by atoms with E-state index in [4.69, 9.17) is 0 Å². The van der Waals surface area contributed by atoms with Gasteiger partial charge >= 0.3 is 0 Å². The molecule has 0 aromatic carbocycles. The summed E-state index contributed by atoms with van der Waals surface area (Å²) in [4.78, 5) is 19.6. The highest BCUT2D eigenvalue weighted by Crippen LogP contribution is 2.29. The fraction of sp³-hybridized carbons (Fsp3) is 0.643. The minimum atomic E-state index is 0.0933. The van der Waals surface area contributed by atoms with Gasteiger partial charge in [0, 0.05) is 12.6 Å². The number of nitrogens with one attached hydrogen (secondary N) is 2. The summed E-state index contributed by atoms with van der Waals surface area (Å²) in [7, 11) is 0. The lowest BCUT2D eigenvalue weighted by atomic mass is 9.83. The van der Waals surface area contributed by atoms with E-state index in [1.165, 1.54) is 25.7 Å². The van der Waals surface area contributed by atoms with Gasteiger partial charge in [-0.3, -0.25) is 4.79 Å². The molecule has 5 nitrogen and oxygen atoms in total. The predicted molar refractivity (Wildman–Crippen MR) is 76.4 cm³/mol. The first-order chi connectivity index (χ1) is 9.13. The highest BCUT2D eigenvalue weighted by molar-refractivity contribution is 5.80. The number of nitrogens with zero attached hydrogens (tertiary/aromatic N) is 2. The van der Waals surface area contributed by atoms with Gasteiger partial charge in [-0.25, -0.2) is 9.97 Å². The minimum absolute atomic E-state index is 0.0933. The summed E-state index contributed by atoms with van der Waals surface area (Å²) in [6.45, 7) is 4.67. The molecule has 0 unspecified atom stereocenters. The summed E-state index contributed by atoms with van der Waals surface area (Å²) in [6, 6.07) is 1.86. The van der Waals surface area contributed by atoms with Crippen LogP contribution in [-0.2, 0) is 4.79 Å². The third-order valence-corrected chi connectivity index (χ3v) is 3.44. The van der Waals surface area contributed by atoms with E-state index in [-0.39, 0.29) is 5.78 Å². The van der Waals surface area contributed by atoms with Gasteiger partial charge < -0.3 is 10.6 Å². The van der Waals surface area contributed by atoms with Gasteiger partial charge in [-0.05, 0) is 26.2 Å². The molecule has 0 amide bonds. The topological polar surface area (TPSA) is 66.9 Å². The van der Waals surface area contributed by atoms with Crippen molar-refractivity contribution < 1.29 is 4.79 Å². The molecule has 0 bridgehead atoms. The molecule has 1 aliphatic carbocycles. The highest BCUT2D eigenvalue weighted by Gasteiger charge is 2.16. The summed E-state index contributed by atoms with van der Waals surface area (Å²) in [6.07, 6.45) is 5.33. The van der Waals surface area contributed by atoms with Crippen LogP contribution < -0.4 is 10.6 Å². The Kier molecular flexibility index (Phi) is 4.71. The van der Waals surface area contributed by atoms with Crippen molar-refractivity contribution in [3.05, 3.63) is 11.9 Å². The summed E-state index contributed by atoms with van der Waals surface area (Å²) in [5, 5.41) is 6.34. The van der Waals surface area contributed by atoms with Crippen molar-refractivity contribution in [1.82, 2.24) is 9.97 Å². The van der Waals surface area contributed by atoms with E-state index in [1.54, 1.807) is 6.92 Å². The van der Waals surface area contributed by atoms with E-state index in [9.17, 15) is 4.79 Å². The van der Waals surface area contributed by atoms with Crippen LogP contribution in [0.2, 0.25) is 0 Å². The van der Waals surface area contributed by atoms with Crippen LogP contribution in [0.15, 0.2) is 6.07 Å². The Balaban J connectivity index is 1.85. The van der Waals surface area contributed by atoms with Gasteiger partial charge in [0.25, 0.3) is 0 Å². The zero-order chi connectivity index (χ0) is 13.7. The average Bonchev–Trinajstić information content (AvgIpc) is 2.29. The fourth-order valence-electron chi connectivity index (χ4n) is 2.15. The predicted octanol–water partition coefficient (Wildman–Crippen LogP) is 2.39. The summed E-state index contributed by atoms with van der Waals surface area (Å²) in [5.74, 6) is 3.23. The van der Waals surface area contributed by atoms with Gasteiger partial charge in [-0.1, -0.05) is 19.3 Å². The second-order valence-electron chi connectivity index (χ2n) is 5.25. The van der Waals surface area contributed by atoms with Gasteiger partial charge in [0.2, 0.25) is 0 Å². The highest BCUT2D eigenvalue weighted by atomic mass is 16.1. The number of carbonyl (C=O) groups excluding carboxylic acids is 1. The second kappa shape index (κ2) is 6.50. The Morgan fingerprint density at radius 2 is 2.00 bits per heavy atom. The summed E-state index contributed by atoms with van der Waals surface area (Å²) < 4.78 is 0. The lowest BCUT2D eigenvalue weighted by Crippen LogP contribution is -2.16. The second-order valence-corrected chi connectivity index (χ2v) is 5.25. The van der Waals surface area contributed by atoms with Crippen molar-refractivity contribution in [2.24, 2.45) is 5.92 Å². The third kappa shape index (κ3) is 4.50. The van der Waals surface area contributed by atoms with E-state index < -0.39 is 0 Å². The van der Waals surface area contributed by atoms with Crippen LogP contribution in [0.4, 0.5) is 11.6 Å². The standard InChI is InChI=1S/C14H22N4O/c1-10(19)9-16-14-8-13(17-11(2)18-14)15-7-6-12-4-3-5-12/h8,12H,3-7,9H2,1-2H3,(H2,15,16,17,18). The molecule has 2 rings (SSSR count). The summed E-state index contributed by atoms with van der Waals surface area (Å²) >= 11 is 0. The van der Waals surface area contributed by atoms with Crippen molar-refractivity contribution in [3.8, 4) is 0 Å². The normalized spacial score (nSPS) is 14.8. The van der Waals surface area contributed by atoms with E-state index in [1.807, 2.05) is 13.0 Å². The van der Waals surface area contributed by atoms with Gasteiger partial charge in [-0.15, -0.1) is 0 Å². The quantitative estimate of drug-likeness (QED) is 0.789.